The molecule has 26 heavy (non-hydrogen) atoms. The summed E-state index contributed by atoms with van der Waals surface area (Å²) in [6.07, 6.45) is 11.9. The summed E-state index contributed by atoms with van der Waals surface area (Å²) in [4.78, 5) is 20.0. The predicted octanol–water partition coefficient (Wildman–Crippen LogP) is 2.87. The molecule has 0 aliphatic heterocycles. The molecule has 0 radical (unpaired) electrons. The molecule has 4 rings (SSSR count). The molecule has 0 aromatic carbocycles. The average Bonchev–Trinajstić information content (AvgIpc) is 3.39. The summed E-state index contributed by atoms with van der Waals surface area (Å²) in [6.45, 7) is 0. The maximum absolute atomic E-state index is 11.5. The van der Waals surface area contributed by atoms with Crippen molar-refractivity contribution in [2.45, 2.75) is 38.1 Å². The molecule has 0 spiro atoms. The minimum atomic E-state index is -0.587. The molecule has 1 fully saturated rings. The highest BCUT2D eigenvalue weighted by Crippen LogP contribution is 2.36. The Morgan fingerprint density at radius 2 is 2.19 bits per heavy atom. The fraction of sp³-hybridized carbons (Fsp3) is 0.389. The van der Waals surface area contributed by atoms with Crippen LogP contribution in [0, 0.1) is 17.2 Å². The Bertz CT molecular complexity index is 991. The topological polar surface area (TPSA) is 115 Å². The van der Waals surface area contributed by atoms with E-state index >= 15 is 0 Å². The molecule has 3 aromatic heterocycles. The average molecular weight is 349 g/mol. The van der Waals surface area contributed by atoms with Gasteiger partial charge in [0.15, 0.2) is 5.65 Å². The molecule has 0 bridgehead atoms. The van der Waals surface area contributed by atoms with E-state index < -0.39 is 6.03 Å². The van der Waals surface area contributed by atoms with Gasteiger partial charge in [-0.1, -0.05) is 12.8 Å². The van der Waals surface area contributed by atoms with Crippen LogP contribution in [-0.2, 0) is 0 Å². The van der Waals surface area contributed by atoms with Crippen LogP contribution in [0.3, 0.4) is 0 Å². The Hall–Kier alpha value is -3.21. The molecule has 1 saturated carbocycles. The first-order valence-electron chi connectivity index (χ1n) is 8.72. The first-order chi connectivity index (χ1) is 12.7. The second-order valence-corrected chi connectivity index (χ2v) is 6.67. The van der Waals surface area contributed by atoms with Crippen molar-refractivity contribution in [2.24, 2.45) is 11.7 Å². The number of carbonyl (C=O) groups excluding carboxylic acids is 1. The lowest BCUT2D eigenvalue weighted by Crippen LogP contribution is -2.18. The van der Waals surface area contributed by atoms with Gasteiger partial charge in [0, 0.05) is 23.3 Å². The van der Waals surface area contributed by atoms with Crippen LogP contribution >= 0.6 is 0 Å². The van der Waals surface area contributed by atoms with Gasteiger partial charge in [-0.3, -0.25) is 9.25 Å². The molecule has 1 aliphatic rings. The third-order valence-electron chi connectivity index (χ3n) is 5.18. The third kappa shape index (κ3) is 2.71. The highest BCUT2D eigenvalue weighted by molar-refractivity contribution is 5.95. The number of fused-ring (bicyclic) bond motifs is 1. The number of aromatic nitrogens is 5. The van der Waals surface area contributed by atoms with E-state index in [2.05, 4.69) is 21.1 Å². The van der Waals surface area contributed by atoms with Crippen molar-refractivity contribution in [3.05, 3.63) is 31.0 Å². The van der Waals surface area contributed by atoms with Gasteiger partial charge in [-0.15, -0.1) is 0 Å². The van der Waals surface area contributed by atoms with Crippen molar-refractivity contribution in [1.82, 2.24) is 24.3 Å². The van der Waals surface area contributed by atoms with Gasteiger partial charge in [-0.2, -0.15) is 10.4 Å². The summed E-state index contributed by atoms with van der Waals surface area (Å²) >= 11 is 0. The van der Waals surface area contributed by atoms with Gasteiger partial charge in [0.2, 0.25) is 0 Å². The highest BCUT2D eigenvalue weighted by atomic mass is 16.2. The van der Waals surface area contributed by atoms with Crippen molar-refractivity contribution in [3.63, 3.8) is 0 Å². The Labute approximate surface area is 150 Å². The van der Waals surface area contributed by atoms with E-state index in [9.17, 15) is 10.1 Å². The minimum Gasteiger partial charge on any atom is -0.351 e. The van der Waals surface area contributed by atoms with Crippen LogP contribution in [0.2, 0.25) is 0 Å². The molecule has 8 nitrogen and oxygen atoms in total. The maximum atomic E-state index is 11.5. The lowest BCUT2D eigenvalue weighted by atomic mass is 9.96. The van der Waals surface area contributed by atoms with Gasteiger partial charge in [0.25, 0.3) is 0 Å². The molecule has 1 aliphatic carbocycles. The van der Waals surface area contributed by atoms with Crippen molar-refractivity contribution in [1.29, 1.82) is 5.26 Å². The van der Waals surface area contributed by atoms with Gasteiger partial charge in [0.1, 0.15) is 6.33 Å². The van der Waals surface area contributed by atoms with Crippen LogP contribution in [0.4, 0.5) is 4.79 Å². The zero-order valence-electron chi connectivity index (χ0n) is 14.2. The van der Waals surface area contributed by atoms with Gasteiger partial charge >= 0.3 is 6.03 Å². The molecule has 1 atom stereocenters. The third-order valence-corrected chi connectivity index (χ3v) is 5.18. The van der Waals surface area contributed by atoms with Crippen molar-refractivity contribution < 1.29 is 4.79 Å². The highest BCUT2D eigenvalue weighted by Gasteiger charge is 2.27. The number of carbonyl (C=O) groups is 1. The molecule has 132 valence electrons. The Balaban J connectivity index is 1.73. The molecule has 3 aromatic rings. The van der Waals surface area contributed by atoms with Crippen LogP contribution < -0.4 is 5.73 Å². The first kappa shape index (κ1) is 16.3. The van der Waals surface area contributed by atoms with Crippen molar-refractivity contribution in [3.8, 4) is 17.3 Å². The smallest absolute Gasteiger partial charge is 0.324 e. The summed E-state index contributed by atoms with van der Waals surface area (Å²) in [5, 5.41) is 14.5. The quantitative estimate of drug-likeness (QED) is 0.777. The largest absolute Gasteiger partial charge is 0.351 e. The number of nitrogens with zero attached hydrogens (tertiary/aromatic N) is 6. The number of hydrogen-bond acceptors (Lipinski definition) is 5. The molecule has 1 amide bonds. The van der Waals surface area contributed by atoms with E-state index in [0.29, 0.717) is 23.7 Å². The van der Waals surface area contributed by atoms with E-state index in [4.69, 9.17) is 5.73 Å². The van der Waals surface area contributed by atoms with Crippen LogP contribution in [-0.4, -0.2) is 30.3 Å². The van der Waals surface area contributed by atoms with Crippen molar-refractivity contribution >= 4 is 17.1 Å². The summed E-state index contributed by atoms with van der Waals surface area (Å²) in [7, 11) is 0. The Morgan fingerprint density at radius 3 is 2.92 bits per heavy atom. The summed E-state index contributed by atoms with van der Waals surface area (Å²) in [6, 6.07) is 3.57. The molecule has 0 saturated heterocycles. The van der Waals surface area contributed by atoms with Crippen LogP contribution in [0.1, 0.15) is 38.1 Å². The van der Waals surface area contributed by atoms with Gasteiger partial charge in [-0.05, 0) is 24.8 Å². The zero-order valence-corrected chi connectivity index (χ0v) is 14.2. The lowest BCUT2D eigenvalue weighted by molar-refractivity contribution is 0.251. The lowest BCUT2D eigenvalue weighted by Gasteiger charge is -2.21. The Morgan fingerprint density at radius 1 is 1.38 bits per heavy atom. The number of amides is 1. The first-order valence-corrected chi connectivity index (χ1v) is 8.72. The van der Waals surface area contributed by atoms with E-state index in [1.165, 1.54) is 23.7 Å². The second kappa shape index (κ2) is 6.59. The maximum Gasteiger partial charge on any atom is 0.324 e. The molecule has 0 unspecified atom stereocenters. The number of nitrogens with two attached hydrogens (primary N) is 1. The molecule has 3 heterocycles. The van der Waals surface area contributed by atoms with E-state index in [1.807, 2.05) is 10.9 Å². The SMILES string of the molecule is N#CC[C@H](C1CCCC1)n1cc(-c2ncnc3c2ccn3C(N)=O)cn1. The van der Waals surface area contributed by atoms with E-state index in [0.717, 1.165) is 23.8 Å². The predicted molar refractivity (Wildman–Crippen MR) is 95.0 cm³/mol. The van der Waals surface area contributed by atoms with Crippen LogP contribution in [0.15, 0.2) is 31.0 Å². The minimum absolute atomic E-state index is 0.0868. The molecular formula is C18H19N7O. The second-order valence-electron chi connectivity index (χ2n) is 6.67. The fourth-order valence-corrected chi connectivity index (χ4v) is 3.91. The molecule has 2 N–H and O–H groups in total. The fourth-order valence-electron chi connectivity index (χ4n) is 3.91. The van der Waals surface area contributed by atoms with Crippen molar-refractivity contribution in [2.75, 3.05) is 0 Å². The monoisotopic (exact) mass is 349 g/mol. The van der Waals surface area contributed by atoms with Gasteiger partial charge in [-0.25, -0.2) is 14.8 Å². The standard InChI is InChI=1S/C18H19N7O/c19-7-5-15(12-3-1-2-4-12)25-10-13(9-23-25)16-14-6-8-24(18(20)26)17(14)22-11-21-16/h6,8-12,15H,1-5H2,(H2,20,26)/t15-/m1/s1. The van der Waals surface area contributed by atoms with Gasteiger partial charge < -0.3 is 5.73 Å². The van der Waals surface area contributed by atoms with E-state index in [-0.39, 0.29) is 6.04 Å². The summed E-state index contributed by atoms with van der Waals surface area (Å²) in [5.41, 5.74) is 7.38. The van der Waals surface area contributed by atoms with Gasteiger partial charge in [0.05, 0.1) is 30.4 Å². The number of primary amides is 1. The Kier molecular flexibility index (Phi) is 4.13. The number of rotatable bonds is 4. The number of hydrogen-bond donors (Lipinski definition) is 1. The van der Waals surface area contributed by atoms with Crippen LogP contribution in [0.25, 0.3) is 22.3 Å². The summed E-state index contributed by atoms with van der Waals surface area (Å²) in [5.74, 6) is 0.490. The normalized spacial score (nSPS) is 16.0. The molecule has 8 heteroatoms. The summed E-state index contributed by atoms with van der Waals surface area (Å²) < 4.78 is 3.19. The zero-order chi connectivity index (χ0) is 18.1. The molecular weight excluding hydrogens is 330 g/mol. The number of nitriles is 1. The van der Waals surface area contributed by atoms with Crippen LogP contribution in [0.5, 0.6) is 0 Å². The van der Waals surface area contributed by atoms with E-state index in [1.54, 1.807) is 18.5 Å².